The lowest BCUT2D eigenvalue weighted by molar-refractivity contribution is 0.0665. The summed E-state index contributed by atoms with van der Waals surface area (Å²) in [6.07, 6.45) is 1.61. The summed E-state index contributed by atoms with van der Waals surface area (Å²) in [5.74, 6) is 2.81. The highest BCUT2D eigenvalue weighted by molar-refractivity contribution is 7.91. The van der Waals surface area contributed by atoms with Gasteiger partial charge in [-0.3, -0.25) is 4.79 Å². The first-order valence-electron chi connectivity index (χ1n) is 10.7. The Balaban J connectivity index is 1.58. The summed E-state index contributed by atoms with van der Waals surface area (Å²) >= 11 is 0. The Bertz CT molecular complexity index is 1030. The minimum Gasteiger partial charge on any atom is -0.464 e. The zero-order valence-electron chi connectivity index (χ0n) is 18.2. The van der Waals surface area contributed by atoms with Crippen LogP contribution < -0.4 is 0 Å². The molecule has 1 aromatic carbocycles. The number of amides is 1. The van der Waals surface area contributed by atoms with Crippen molar-refractivity contribution in [2.45, 2.75) is 64.5 Å². The summed E-state index contributed by atoms with van der Waals surface area (Å²) in [6.45, 7) is 8.90. The summed E-state index contributed by atoms with van der Waals surface area (Å²) in [5, 5.41) is 0. The van der Waals surface area contributed by atoms with Crippen molar-refractivity contribution >= 4 is 15.7 Å². The molecular formula is C24H31NO4S. The van der Waals surface area contributed by atoms with Gasteiger partial charge in [-0.1, -0.05) is 39.8 Å². The minimum absolute atomic E-state index is 0.00527. The molecule has 0 radical (unpaired) electrons. The Morgan fingerprint density at radius 2 is 1.80 bits per heavy atom. The number of furan rings is 1. The van der Waals surface area contributed by atoms with Gasteiger partial charge < -0.3 is 9.32 Å². The van der Waals surface area contributed by atoms with Crippen LogP contribution in [0, 0.1) is 5.92 Å². The molecule has 0 bridgehead atoms. The molecule has 2 aliphatic rings. The second kappa shape index (κ2) is 7.56. The summed E-state index contributed by atoms with van der Waals surface area (Å²) in [4.78, 5) is 15.1. The second-order valence-corrected chi connectivity index (χ2v) is 12.2. The molecule has 1 aliphatic carbocycles. The molecule has 3 atom stereocenters. The molecule has 2 fully saturated rings. The molecule has 1 saturated heterocycles. The van der Waals surface area contributed by atoms with Gasteiger partial charge in [0, 0.05) is 17.5 Å². The first-order valence-corrected chi connectivity index (χ1v) is 12.6. The molecule has 0 N–H and O–H groups in total. The number of benzene rings is 1. The van der Waals surface area contributed by atoms with Gasteiger partial charge in [0.05, 0.1) is 18.1 Å². The largest absolute Gasteiger partial charge is 0.464 e. The van der Waals surface area contributed by atoms with Gasteiger partial charge in [0.25, 0.3) is 5.91 Å². The second-order valence-electron chi connectivity index (χ2n) is 9.94. The SMILES string of the molecule is CC1CC1c1ccc(CN(C(=O)c2ccc(C(C)(C)C)cc2)C2CCS(=O)(=O)C2)o1. The highest BCUT2D eigenvalue weighted by Gasteiger charge is 2.38. The summed E-state index contributed by atoms with van der Waals surface area (Å²) in [5.41, 5.74) is 1.74. The summed E-state index contributed by atoms with van der Waals surface area (Å²) < 4.78 is 30.2. The van der Waals surface area contributed by atoms with Crippen LogP contribution >= 0.6 is 0 Å². The van der Waals surface area contributed by atoms with Crippen LogP contribution in [0.25, 0.3) is 0 Å². The average molecular weight is 430 g/mol. The first kappa shape index (κ1) is 21.2. The zero-order chi connectivity index (χ0) is 21.7. The highest BCUT2D eigenvalue weighted by atomic mass is 32.2. The van der Waals surface area contributed by atoms with Crippen LogP contribution in [-0.2, 0) is 21.8 Å². The van der Waals surface area contributed by atoms with E-state index in [2.05, 4.69) is 27.7 Å². The van der Waals surface area contributed by atoms with Gasteiger partial charge in [0.15, 0.2) is 9.84 Å². The van der Waals surface area contributed by atoms with Crippen LogP contribution in [0.5, 0.6) is 0 Å². The average Bonchev–Trinajstić information content (AvgIpc) is 3.07. The zero-order valence-corrected chi connectivity index (χ0v) is 19.0. The monoisotopic (exact) mass is 429 g/mol. The fraction of sp³-hybridized carbons (Fsp3) is 0.542. The van der Waals surface area contributed by atoms with Crippen LogP contribution in [0.3, 0.4) is 0 Å². The fourth-order valence-electron chi connectivity index (χ4n) is 4.23. The van der Waals surface area contributed by atoms with Crippen LogP contribution in [0.1, 0.15) is 73.9 Å². The van der Waals surface area contributed by atoms with Crippen LogP contribution in [0.4, 0.5) is 0 Å². The van der Waals surface area contributed by atoms with Gasteiger partial charge in [-0.05, 0) is 54.0 Å². The van der Waals surface area contributed by atoms with Crippen molar-refractivity contribution in [1.29, 1.82) is 0 Å². The van der Waals surface area contributed by atoms with Crippen LogP contribution in [0.2, 0.25) is 0 Å². The van der Waals surface area contributed by atoms with Gasteiger partial charge in [-0.2, -0.15) is 0 Å². The number of carbonyl (C=O) groups is 1. The fourth-order valence-corrected chi connectivity index (χ4v) is 5.96. The number of hydrogen-bond donors (Lipinski definition) is 0. The molecule has 5 nitrogen and oxygen atoms in total. The van der Waals surface area contributed by atoms with Gasteiger partial charge >= 0.3 is 0 Å². The van der Waals surface area contributed by atoms with E-state index in [1.165, 1.54) is 0 Å². The van der Waals surface area contributed by atoms with Crippen molar-refractivity contribution < 1.29 is 17.6 Å². The summed E-state index contributed by atoms with van der Waals surface area (Å²) in [6, 6.07) is 11.3. The Morgan fingerprint density at radius 3 is 2.33 bits per heavy atom. The maximum atomic E-state index is 13.4. The van der Waals surface area contributed by atoms with E-state index in [1.54, 1.807) is 4.90 Å². The predicted molar refractivity (Wildman–Crippen MR) is 117 cm³/mol. The number of hydrogen-bond acceptors (Lipinski definition) is 4. The lowest BCUT2D eigenvalue weighted by atomic mass is 9.86. The van der Waals surface area contributed by atoms with E-state index < -0.39 is 9.84 Å². The number of carbonyl (C=O) groups excluding carboxylic acids is 1. The molecule has 0 spiro atoms. The lowest BCUT2D eigenvalue weighted by Crippen LogP contribution is -2.40. The van der Waals surface area contributed by atoms with Crippen molar-refractivity contribution in [3.63, 3.8) is 0 Å². The van der Waals surface area contributed by atoms with E-state index in [4.69, 9.17) is 4.42 Å². The normalized spacial score (nSPS) is 25.3. The molecule has 1 aromatic heterocycles. The third-order valence-electron chi connectivity index (χ3n) is 6.39. The quantitative estimate of drug-likeness (QED) is 0.700. The van der Waals surface area contributed by atoms with Crippen molar-refractivity contribution in [2.24, 2.45) is 5.92 Å². The van der Waals surface area contributed by atoms with E-state index in [1.807, 2.05) is 36.4 Å². The van der Waals surface area contributed by atoms with E-state index in [0.717, 1.165) is 17.7 Å². The molecule has 3 unspecified atom stereocenters. The van der Waals surface area contributed by atoms with Crippen molar-refractivity contribution in [1.82, 2.24) is 4.90 Å². The number of sulfone groups is 1. The van der Waals surface area contributed by atoms with Gasteiger partial charge in [-0.25, -0.2) is 8.42 Å². The van der Waals surface area contributed by atoms with Crippen LogP contribution in [-0.4, -0.2) is 36.8 Å². The lowest BCUT2D eigenvalue weighted by Gasteiger charge is -2.28. The Kier molecular flexibility index (Phi) is 5.33. The van der Waals surface area contributed by atoms with Crippen molar-refractivity contribution in [2.75, 3.05) is 11.5 Å². The molecule has 30 heavy (non-hydrogen) atoms. The van der Waals surface area contributed by atoms with E-state index >= 15 is 0 Å². The number of nitrogens with zero attached hydrogens (tertiary/aromatic N) is 1. The minimum atomic E-state index is -3.10. The van der Waals surface area contributed by atoms with Crippen molar-refractivity contribution in [3.05, 3.63) is 59.0 Å². The standard InChI is InChI=1S/C24H31NO4S/c1-16-13-21(16)22-10-9-20(29-22)14-25(19-11-12-30(27,28)15-19)23(26)17-5-7-18(8-6-17)24(2,3)4/h5-10,16,19,21H,11-15H2,1-4H3. The summed E-state index contributed by atoms with van der Waals surface area (Å²) in [7, 11) is -3.10. The van der Waals surface area contributed by atoms with Gasteiger partial charge in [0.1, 0.15) is 11.5 Å². The molecule has 6 heteroatoms. The molecule has 1 amide bonds. The highest BCUT2D eigenvalue weighted by Crippen LogP contribution is 2.47. The third-order valence-corrected chi connectivity index (χ3v) is 8.14. The molecule has 1 aliphatic heterocycles. The number of rotatable bonds is 5. The topological polar surface area (TPSA) is 67.6 Å². The Labute approximate surface area is 179 Å². The Morgan fingerprint density at radius 1 is 1.13 bits per heavy atom. The maximum Gasteiger partial charge on any atom is 0.254 e. The van der Waals surface area contributed by atoms with E-state index in [9.17, 15) is 13.2 Å². The third kappa shape index (κ3) is 4.48. The Hall–Kier alpha value is -2.08. The van der Waals surface area contributed by atoms with Gasteiger partial charge in [0.2, 0.25) is 0 Å². The van der Waals surface area contributed by atoms with Crippen LogP contribution in [0.15, 0.2) is 40.8 Å². The van der Waals surface area contributed by atoms with E-state index in [-0.39, 0.29) is 28.9 Å². The molecule has 1 saturated carbocycles. The van der Waals surface area contributed by atoms with E-state index in [0.29, 0.717) is 36.1 Å². The molecule has 162 valence electrons. The molecule has 2 aromatic rings. The predicted octanol–water partition coefficient (Wildman–Crippen LogP) is 4.53. The van der Waals surface area contributed by atoms with Gasteiger partial charge in [-0.15, -0.1) is 0 Å². The maximum absolute atomic E-state index is 13.4. The molecule has 4 rings (SSSR count). The molecule has 2 heterocycles. The smallest absolute Gasteiger partial charge is 0.254 e. The first-order chi connectivity index (χ1) is 14.0. The molecular weight excluding hydrogens is 398 g/mol. The van der Waals surface area contributed by atoms with Crippen molar-refractivity contribution in [3.8, 4) is 0 Å².